The molecule has 0 saturated heterocycles. The molecule has 6 nitrogen and oxygen atoms in total. The van der Waals surface area contributed by atoms with Gasteiger partial charge in [0.2, 0.25) is 0 Å². The van der Waals surface area contributed by atoms with Crippen LogP contribution in [0.5, 0.6) is 0 Å². The number of nitrogens with one attached hydrogen (secondary N) is 2. The molecule has 0 atom stereocenters. The fraction of sp³-hybridized carbons (Fsp3) is 0.444. The summed E-state index contributed by atoms with van der Waals surface area (Å²) in [6.07, 6.45) is 3.82. The van der Waals surface area contributed by atoms with E-state index in [1.807, 2.05) is 12.1 Å². The lowest BCUT2D eigenvalue weighted by atomic mass is 10.2. The molecule has 0 saturated carbocycles. The summed E-state index contributed by atoms with van der Waals surface area (Å²) in [6, 6.07) is 7.06. The average Bonchev–Trinajstić information content (AvgIpc) is 3.26. The third-order valence-corrected chi connectivity index (χ3v) is 4.91. The molecule has 3 rings (SSSR count). The SMILES string of the molecule is O=C1NCCCCCCNC(=O)c2ccc(o2)CSCc2ccc1o2. The van der Waals surface area contributed by atoms with Crippen LogP contribution >= 0.6 is 11.8 Å². The largest absolute Gasteiger partial charge is 0.455 e. The van der Waals surface area contributed by atoms with Gasteiger partial charge in [-0.25, -0.2) is 0 Å². The molecule has 0 fully saturated rings. The number of hydrogen-bond donors (Lipinski definition) is 2. The molecule has 4 bridgehead atoms. The van der Waals surface area contributed by atoms with Gasteiger partial charge in [-0.05, 0) is 37.1 Å². The van der Waals surface area contributed by atoms with E-state index in [2.05, 4.69) is 10.6 Å². The lowest BCUT2D eigenvalue weighted by Gasteiger charge is -2.05. The Morgan fingerprint density at radius 3 is 1.68 bits per heavy atom. The minimum Gasteiger partial charge on any atom is -0.455 e. The summed E-state index contributed by atoms with van der Waals surface area (Å²) < 4.78 is 11.2. The highest BCUT2D eigenvalue weighted by molar-refractivity contribution is 7.97. The van der Waals surface area contributed by atoms with Crippen molar-refractivity contribution >= 4 is 23.6 Å². The first kappa shape index (κ1) is 17.7. The summed E-state index contributed by atoms with van der Waals surface area (Å²) in [5, 5.41) is 5.75. The minimum absolute atomic E-state index is 0.169. The molecule has 134 valence electrons. The van der Waals surface area contributed by atoms with Crippen LogP contribution in [0.2, 0.25) is 0 Å². The van der Waals surface area contributed by atoms with E-state index < -0.39 is 0 Å². The monoisotopic (exact) mass is 362 g/mol. The number of thioether (sulfide) groups is 1. The Morgan fingerprint density at radius 1 is 0.720 bits per heavy atom. The summed E-state index contributed by atoms with van der Waals surface area (Å²) in [7, 11) is 0. The Labute approximate surface area is 150 Å². The highest BCUT2D eigenvalue weighted by Crippen LogP contribution is 2.21. The van der Waals surface area contributed by atoms with Gasteiger partial charge in [0.25, 0.3) is 11.8 Å². The van der Waals surface area contributed by atoms with Gasteiger partial charge in [-0.15, -0.1) is 11.8 Å². The second kappa shape index (κ2) is 8.80. The Hall–Kier alpha value is -2.15. The first-order valence-electron chi connectivity index (χ1n) is 8.54. The number of furan rings is 2. The number of rotatable bonds is 0. The second-order valence-electron chi connectivity index (χ2n) is 5.95. The number of amides is 2. The van der Waals surface area contributed by atoms with E-state index >= 15 is 0 Å². The lowest BCUT2D eigenvalue weighted by molar-refractivity contribution is 0.0915. The van der Waals surface area contributed by atoms with E-state index in [1.165, 1.54) is 0 Å². The number of carbonyl (C=O) groups is 2. The van der Waals surface area contributed by atoms with Crippen LogP contribution in [0.4, 0.5) is 0 Å². The molecular weight excluding hydrogens is 340 g/mol. The quantitative estimate of drug-likeness (QED) is 0.751. The zero-order valence-electron chi connectivity index (χ0n) is 14.0. The number of fused-ring (bicyclic) bond motifs is 4. The van der Waals surface area contributed by atoms with E-state index in [-0.39, 0.29) is 11.8 Å². The molecule has 2 aromatic rings. The van der Waals surface area contributed by atoms with Gasteiger partial charge in [-0.2, -0.15) is 0 Å². The molecule has 3 heterocycles. The van der Waals surface area contributed by atoms with E-state index in [9.17, 15) is 9.59 Å². The second-order valence-corrected chi connectivity index (χ2v) is 6.94. The highest BCUT2D eigenvalue weighted by Gasteiger charge is 2.13. The summed E-state index contributed by atoms with van der Waals surface area (Å²) >= 11 is 1.60. The third-order valence-electron chi connectivity index (χ3n) is 3.93. The molecule has 2 aromatic heterocycles. The van der Waals surface area contributed by atoms with Gasteiger partial charge in [0.05, 0.1) is 11.5 Å². The van der Waals surface area contributed by atoms with Crippen LogP contribution in [0.15, 0.2) is 33.1 Å². The van der Waals surface area contributed by atoms with Crippen LogP contribution in [0.25, 0.3) is 0 Å². The summed E-state index contributed by atoms with van der Waals surface area (Å²) in [4.78, 5) is 24.0. The molecule has 25 heavy (non-hydrogen) atoms. The topological polar surface area (TPSA) is 84.5 Å². The summed E-state index contributed by atoms with van der Waals surface area (Å²) in [6.45, 7) is 1.26. The lowest BCUT2D eigenvalue weighted by Crippen LogP contribution is -2.24. The van der Waals surface area contributed by atoms with Crippen LogP contribution in [-0.4, -0.2) is 24.9 Å². The number of hydrogen-bond acceptors (Lipinski definition) is 5. The molecule has 2 amide bonds. The summed E-state index contributed by atoms with van der Waals surface area (Å²) in [5.41, 5.74) is 0. The zero-order valence-corrected chi connectivity index (χ0v) is 14.8. The van der Waals surface area contributed by atoms with Crippen molar-refractivity contribution in [1.82, 2.24) is 10.6 Å². The standard InChI is InChI=1S/C18H22N2O4S/c21-17-15-7-5-13(23-15)11-25-12-14-6-8-16(24-14)18(22)20-10-4-2-1-3-9-19-17/h5-8H,1-4,9-12H2,(H,19,21)(H,20,22). The van der Waals surface area contributed by atoms with Crippen LogP contribution < -0.4 is 10.6 Å². The molecule has 0 unspecified atom stereocenters. The molecular formula is C18H22N2O4S. The van der Waals surface area contributed by atoms with E-state index in [0.717, 1.165) is 37.2 Å². The Morgan fingerprint density at radius 2 is 1.20 bits per heavy atom. The van der Waals surface area contributed by atoms with Crippen molar-refractivity contribution in [1.29, 1.82) is 0 Å². The van der Waals surface area contributed by atoms with Crippen molar-refractivity contribution in [2.75, 3.05) is 13.1 Å². The average molecular weight is 362 g/mol. The van der Waals surface area contributed by atoms with Crippen molar-refractivity contribution in [2.24, 2.45) is 0 Å². The van der Waals surface area contributed by atoms with Crippen LogP contribution in [-0.2, 0) is 11.5 Å². The summed E-state index contributed by atoms with van der Waals surface area (Å²) in [5.74, 6) is 3.13. The molecule has 1 aliphatic heterocycles. The van der Waals surface area contributed by atoms with Gasteiger partial charge in [-0.1, -0.05) is 12.8 Å². The Bertz CT molecular complexity index is 662. The molecule has 0 spiro atoms. The van der Waals surface area contributed by atoms with Crippen LogP contribution in [0.3, 0.4) is 0 Å². The van der Waals surface area contributed by atoms with E-state index in [0.29, 0.717) is 36.1 Å². The van der Waals surface area contributed by atoms with Gasteiger partial charge in [0.1, 0.15) is 11.5 Å². The van der Waals surface area contributed by atoms with Gasteiger partial charge in [0.15, 0.2) is 11.5 Å². The molecule has 2 N–H and O–H groups in total. The Kier molecular flexibility index (Phi) is 6.22. The number of carbonyl (C=O) groups excluding carboxylic acids is 2. The molecule has 0 aliphatic carbocycles. The molecule has 1 aliphatic rings. The molecule has 7 heteroatoms. The third kappa shape index (κ3) is 5.16. The van der Waals surface area contributed by atoms with Crippen molar-refractivity contribution in [3.8, 4) is 0 Å². The predicted octanol–water partition coefficient (Wildman–Crippen LogP) is 3.34. The minimum atomic E-state index is -0.169. The maximum Gasteiger partial charge on any atom is 0.286 e. The van der Waals surface area contributed by atoms with Gasteiger partial charge in [0, 0.05) is 13.1 Å². The molecule has 0 aromatic carbocycles. The van der Waals surface area contributed by atoms with Crippen molar-refractivity contribution in [3.63, 3.8) is 0 Å². The van der Waals surface area contributed by atoms with Crippen molar-refractivity contribution < 1.29 is 18.4 Å². The Balaban J connectivity index is 1.63. The van der Waals surface area contributed by atoms with Gasteiger partial charge in [-0.3, -0.25) is 9.59 Å². The van der Waals surface area contributed by atoms with Crippen LogP contribution in [0.1, 0.15) is 58.3 Å². The van der Waals surface area contributed by atoms with Crippen LogP contribution in [0, 0.1) is 0 Å². The first-order valence-corrected chi connectivity index (χ1v) is 9.69. The maximum absolute atomic E-state index is 12.0. The van der Waals surface area contributed by atoms with Crippen molar-refractivity contribution in [2.45, 2.75) is 37.2 Å². The molecule has 0 radical (unpaired) electrons. The fourth-order valence-electron chi connectivity index (χ4n) is 2.59. The zero-order chi connectivity index (χ0) is 17.5. The highest BCUT2D eigenvalue weighted by atomic mass is 32.2. The van der Waals surface area contributed by atoms with E-state index in [1.54, 1.807) is 23.9 Å². The van der Waals surface area contributed by atoms with Crippen molar-refractivity contribution in [3.05, 3.63) is 47.3 Å². The first-order chi connectivity index (χ1) is 12.2. The fourth-order valence-corrected chi connectivity index (χ4v) is 3.40. The maximum atomic E-state index is 12.0. The predicted molar refractivity (Wildman–Crippen MR) is 95.5 cm³/mol. The van der Waals surface area contributed by atoms with Gasteiger partial charge >= 0.3 is 0 Å². The normalized spacial score (nSPS) is 17.8. The smallest absolute Gasteiger partial charge is 0.286 e. The van der Waals surface area contributed by atoms with E-state index in [4.69, 9.17) is 8.83 Å². The van der Waals surface area contributed by atoms with Gasteiger partial charge < -0.3 is 19.5 Å².